The summed E-state index contributed by atoms with van der Waals surface area (Å²) in [6.07, 6.45) is 2.19. The third-order valence-corrected chi connectivity index (χ3v) is 4.05. The Hall–Kier alpha value is -0.420. The summed E-state index contributed by atoms with van der Waals surface area (Å²) >= 11 is 1.75. The molecule has 1 aromatic heterocycles. The first-order valence-corrected chi connectivity index (χ1v) is 7.63. The third kappa shape index (κ3) is 4.69. The zero-order chi connectivity index (χ0) is 13.5. The van der Waals surface area contributed by atoms with Crippen molar-refractivity contribution in [2.75, 3.05) is 34.2 Å². The van der Waals surface area contributed by atoms with E-state index in [9.17, 15) is 0 Å². The predicted octanol–water partition coefficient (Wildman–Crippen LogP) is 2.41. The molecule has 0 aromatic carbocycles. The van der Waals surface area contributed by atoms with Crippen LogP contribution in [0.3, 0.4) is 0 Å². The van der Waals surface area contributed by atoms with E-state index < -0.39 is 0 Å². The molecule has 3 nitrogen and oxygen atoms in total. The van der Waals surface area contributed by atoms with Crippen LogP contribution in [0.15, 0.2) is 16.8 Å². The van der Waals surface area contributed by atoms with Crippen molar-refractivity contribution in [2.24, 2.45) is 5.73 Å². The average molecular weight is 269 g/mol. The highest BCUT2D eigenvalue weighted by molar-refractivity contribution is 7.07. The second-order valence-corrected chi connectivity index (χ2v) is 5.99. The molecule has 18 heavy (non-hydrogen) atoms. The van der Waals surface area contributed by atoms with Crippen molar-refractivity contribution in [1.29, 1.82) is 0 Å². The van der Waals surface area contributed by atoms with Gasteiger partial charge in [0.25, 0.3) is 0 Å². The predicted molar refractivity (Wildman–Crippen MR) is 81.1 cm³/mol. The van der Waals surface area contributed by atoms with Crippen LogP contribution in [0.5, 0.6) is 0 Å². The topological polar surface area (TPSA) is 32.5 Å². The number of nitrogens with two attached hydrogens (primary N) is 1. The first-order chi connectivity index (χ1) is 8.56. The van der Waals surface area contributed by atoms with Gasteiger partial charge >= 0.3 is 0 Å². The Labute approximate surface area is 116 Å². The molecule has 0 aliphatic rings. The number of thiophene rings is 1. The minimum absolute atomic E-state index is 0.212. The molecule has 4 heteroatoms. The van der Waals surface area contributed by atoms with Gasteiger partial charge in [0.05, 0.1) is 6.04 Å². The fourth-order valence-electron chi connectivity index (χ4n) is 2.27. The Morgan fingerprint density at radius 1 is 1.28 bits per heavy atom. The van der Waals surface area contributed by atoms with Gasteiger partial charge in [-0.3, -0.25) is 4.90 Å². The van der Waals surface area contributed by atoms with E-state index in [-0.39, 0.29) is 6.04 Å². The number of rotatable bonds is 8. The lowest BCUT2D eigenvalue weighted by Gasteiger charge is -2.32. The molecular formula is C14H27N3S. The second-order valence-electron chi connectivity index (χ2n) is 5.21. The minimum Gasteiger partial charge on any atom is -0.326 e. The summed E-state index contributed by atoms with van der Waals surface area (Å²) in [4.78, 5) is 4.63. The fourth-order valence-corrected chi connectivity index (χ4v) is 2.96. The molecule has 2 N–H and O–H groups in total. The third-order valence-electron chi connectivity index (χ3n) is 3.35. The Balaban J connectivity index is 2.60. The van der Waals surface area contributed by atoms with E-state index in [1.165, 1.54) is 12.0 Å². The van der Waals surface area contributed by atoms with Gasteiger partial charge < -0.3 is 10.6 Å². The van der Waals surface area contributed by atoms with Gasteiger partial charge in [-0.2, -0.15) is 11.3 Å². The van der Waals surface area contributed by atoms with Gasteiger partial charge in [0.1, 0.15) is 0 Å². The Morgan fingerprint density at radius 2 is 2.00 bits per heavy atom. The van der Waals surface area contributed by atoms with Gasteiger partial charge in [-0.15, -0.1) is 0 Å². The van der Waals surface area contributed by atoms with Crippen LogP contribution in [0.25, 0.3) is 0 Å². The molecule has 1 heterocycles. The molecule has 0 amide bonds. The van der Waals surface area contributed by atoms with Crippen LogP contribution in [-0.2, 0) is 0 Å². The van der Waals surface area contributed by atoms with Crippen LogP contribution in [0.2, 0.25) is 0 Å². The van der Waals surface area contributed by atoms with E-state index in [1.54, 1.807) is 11.3 Å². The number of nitrogens with zero attached hydrogens (tertiary/aromatic N) is 2. The van der Waals surface area contributed by atoms with Crippen LogP contribution >= 0.6 is 11.3 Å². The molecule has 1 rings (SSSR count). The Bertz CT molecular complexity index is 311. The molecule has 0 fully saturated rings. The Morgan fingerprint density at radius 3 is 2.50 bits per heavy atom. The highest BCUT2D eigenvalue weighted by Crippen LogP contribution is 2.25. The summed E-state index contributed by atoms with van der Waals surface area (Å²) in [5, 5.41) is 4.36. The maximum absolute atomic E-state index is 6.29. The van der Waals surface area contributed by atoms with E-state index in [0.717, 1.165) is 19.5 Å². The van der Waals surface area contributed by atoms with Gasteiger partial charge in [-0.25, -0.2) is 0 Å². The second kappa shape index (κ2) is 7.89. The largest absolute Gasteiger partial charge is 0.326 e. The SMILES string of the molecule is CCC(N)C(c1ccsc1)N(C)CCCN(C)C. The lowest BCUT2D eigenvalue weighted by atomic mass is 9.99. The molecule has 0 saturated heterocycles. The number of hydrogen-bond acceptors (Lipinski definition) is 4. The van der Waals surface area contributed by atoms with Crippen LogP contribution in [0.1, 0.15) is 31.4 Å². The molecular weight excluding hydrogens is 242 g/mol. The molecule has 1 aromatic rings. The molecule has 0 radical (unpaired) electrons. The standard InChI is InChI=1S/C14H27N3S/c1-5-13(15)14(12-7-10-18-11-12)17(4)9-6-8-16(2)3/h7,10-11,13-14H,5-6,8-9,15H2,1-4H3. The van der Waals surface area contributed by atoms with Crippen LogP contribution in [0.4, 0.5) is 0 Å². The summed E-state index contributed by atoms with van der Waals surface area (Å²) in [6, 6.07) is 2.76. The maximum Gasteiger partial charge on any atom is 0.0504 e. The van der Waals surface area contributed by atoms with Crippen molar-refractivity contribution in [3.8, 4) is 0 Å². The van der Waals surface area contributed by atoms with Gasteiger partial charge in [0.2, 0.25) is 0 Å². The van der Waals surface area contributed by atoms with E-state index in [1.807, 2.05) is 0 Å². The van der Waals surface area contributed by atoms with Gasteiger partial charge in [-0.1, -0.05) is 6.92 Å². The summed E-state index contributed by atoms with van der Waals surface area (Å²) in [5.74, 6) is 0. The van der Waals surface area contributed by atoms with Crippen LogP contribution in [-0.4, -0.2) is 50.1 Å². The van der Waals surface area contributed by atoms with Crippen LogP contribution in [0, 0.1) is 0 Å². The fraction of sp³-hybridized carbons (Fsp3) is 0.714. The van der Waals surface area contributed by atoms with E-state index in [2.05, 4.69) is 54.7 Å². The van der Waals surface area contributed by atoms with Crippen molar-refractivity contribution in [3.05, 3.63) is 22.4 Å². The Kier molecular flexibility index (Phi) is 6.86. The normalized spacial score (nSPS) is 15.3. The van der Waals surface area contributed by atoms with E-state index >= 15 is 0 Å². The highest BCUT2D eigenvalue weighted by Gasteiger charge is 2.22. The minimum atomic E-state index is 0.212. The summed E-state index contributed by atoms with van der Waals surface area (Å²) in [5.41, 5.74) is 7.66. The smallest absolute Gasteiger partial charge is 0.0504 e. The zero-order valence-electron chi connectivity index (χ0n) is 12.1. The molecule has 0 spiro atoms. The van der Waals surface area contributed by atoms with E-state index in [0.29, 0.717) is 6.04 Å². The molecule has 2 atom stereocenters. The van der Waals surface area contributed by atoms with Gasteiger partial charge in [0, 0.05) is 6.04 Å². The molecule has 0 aliphatic heterocycles. The molecule has 0 aliphatic carbocycles. The summed E-state index contributed by atoms with van der Waals surface area (Å²) < 4.78 is 0. The monoisotopic (exact) mass is 269 g/mol. The molecule has 0 saturated carbocycles. The van der Waals surface area contributed by atoms with Crippen molar-refractivity contribution >= 4 is 11.3 Å². The molecule has 2 unspecified atom stereocenters. The van der Waals surface area contributed by atoms with Crippen molar-refractivity contribution in [2.45, 2.75) is 31.8 Å². The first-order valence-electron chi connectivity index (χ1n) is 6.69. The maximum atomic E-state index is 6.29. The summed E-state index contributed by atoms with van der Waals surface area (Å²) in [7, 11) is 6.43. The van der Waals surface area contributed by atoms with E-state index in [4.69, 9.17) is 5.73 Å². The quantitative estimate of drug-likeness (QED) is 0.786. The molecule has 104 valence electrons. The van der Waals surface area contributed by atoms with Gasteiger partial charge in [-0.05, 0) is 69.5 Å². The van der Waals surface area contributed by atoms with Crippen molar-refractivity contribution < 1.29 is 0 Å². The molecule has 0 bridgehead atoms. The van der Waals surface area contributed by atoms with Crippen molar-refractivity contribution in [1.82, 2.24) is 9.80 Å². The van der Waals surface area contributed by atoms with Crippen molar-refractivity contribution in [3.63, 3.8) is 0 Å². The number of hydrogen-bond donors (Lipinski definition) is 1. The first kappa shape index (κ1) is 15.6. The lowest BCUT2D eigenvalue weighted by molar-refractivity contribution is 0.200. The number of likely N-dealkylation sites (N-methyl/N-ethyl adjacent to an activating group) is 1. The lowest BCUT2D eigenvalue weighted by Crippen LogP contribution is -2.39. The summed E-state index contributed by atoms with van der Waals surface area (Å²) in [6.45, 7) is 4.38. The average Bonchev–Trinajstić information content (AvgIpc) is 2.82. The van der Waals surface area contributed by atoms with Gasteiger partial charge in [0.15, 0.2) is 0 Å². The van der Waals surface area contributed by atoms with Crippen LogP contribution < -0.4 is 5.73 Å². The highest BCUT2D eigenvalue weighted by atomic mass is 32.1. The zero-order valence-corrected chi connectivity index (χ0v) is 12.9.